The number of carbonyl (C=O) groups excluding carboxylic acids is 1. The Labute approximate surface area is 155 Å². The molecule has 1 N–H and O–H groups in total. The second-order valence-electron chi connectivity index (χ2n) is 6.33. The van der Waals surface area contributed by atoms with Gasteiger partial charge in [-0.2, -0.15) is 13.2 Å². The van der Waals surface area contributed by atoms with E-state index in [1.807, 2.05) is 37.3 Å². The molecule has 1 atom stereocenters. The van der Waals surface area contributed by atoms with Gasteiger partial charge >= 0.3 is 6.18 Å². The average Bonchev–Trinajstić information content (AvgIpc) is 3.01. The Balaban J connectivity index is 1.87. The van der Waals surface area contributed by atoms with Gasteiger partial charge in [0.25, 0.3) is 0 Å². The average molecular weight is 375 g/mol. The number of benzene rings is 2. The van der Waals surface area contributed by atoms with Crippen molar-refractivity contribution in [2.24, 2.45) is 0 Å². The summed E-state index contributed by atoms with van der Waals surface area (Å²) in [6.45, 7) is 1.55. The number of hydrogen-bond acceptors (Lipinski definition) is 2. The van der Waals surface area contributed by atoms with Crippen LogP contribution in [-0.4, -0.2) is 15.5 Å². The molecule has 0 spiro atoms. The SMILES string of the molecule is CCCC(NC(=O)Cn1c(C(F)(F)F)nc2ccccc21)c1ccccc1. The molecule has 27 heavy (non-hydrogen) atoms. The van der Waals surface area contributed by atoms with Crippen LogP contribution in [-0.2, 0) is 17.5 Å². The summed E-state index contributed by atoms with van der Waals surface area (Å²) in [7, 11) is 0. The number of hydrogen-bond donors (Lipinski definition) is 1. The van der Waals surface area contributed by atoms with Crippen LogP contribution in [0.15, 0.2) is 54.6 Å². The molecule has 0 saturated carbocycles. The Morgan fingerprint density at radius 3 is 2.44 bits per heavy atom. The Bertz CT molecular complexity index is 919. The minimum Gasteiger partial charge on any atom is -0.348 e. The second-order valence-corrected chi connectivity index (χ2v) is 6.33. The quantitative estimate of drug-likeness (QED) is 0.678. The summed E-state index contributed by atoms with van der Waals surface area (Å²) in [4.78, 5) is 16.2. The highest BCUT2D eigenvalue weighted by molar-refractivity contribution is 5.81. The van der Waals surface area contributed by atoms with Gasteiger partial charge in [0.05, 0.1) is 17.1 Å². The molecule has 142 valence electrons. The first-order valence-corrected chi connectivity index (χ1v) is 8.77. The molecule has 0 fully saturated rings. The highest BCUT2D eigenvalue weighted by Crippen LogP contribution is 2.31. The summed E-state index contributed by atoms with van der Waals surface area (Å²) >= 11 is 0. The van der Waals surface area contributed by atoms with E-state index in [1.165, 1.54) is 12.1 Å². The van der Waals surface area contributed by atoms with Crippen LogP contribution in [0.25, 0.3) is 11.0 Å². The first kappa shape index (κ1) is 18.9. The van der Waals surface area contributed by atoms with Crippen molar-refractivity contribution < 1.29 is 18.0 Å². The number of carbonyl (C=O) groups is 1. The number of aromatic nitrogens is 2. The summed E-state index contributed by atoms with van der Waals surface area (Å²) < 4.78 is 41.0. The molecule has 0 bridgehead atoms. The van der Waals surface area contributed by atoms with Gasteiger partial charge in [0.2, 0.25) is 11.7 Å². The van der Waals surface area contributed by atoms with Crippen molar-refractivity contribution in [3.63, 3.8) is 0 Å². The molecule has 0 radical (unpaired) electrons. The maximum absolute atomic E-state index is 13.4. The summed E-state index contributed by atoms with van der Waals surface area (Å²) in [5, 5.41) is 2.86. The molecule has 7 heteroatoms. The highest BCUT2D eigenvalue weighted by Gasteiger charge is 2.38. The highest BCUT2D eigenvalue weighted by atomic mass is 19.4. The van der Waals surface area contributed by atoms with Crippen LogP contribution in [0, 0.1) is 0 Å². The molecule has 0 saturated heterocycles. The van der Waals surface area contributed by atoms with Gasteiger partial charge in [-0.3, -0.25) is 4.79 Å². The zero-order chi connectivity index (χ0) is 19.4. The molecule has 1 amide bonds. The largest absolute Gasteiger partial charge is 0.449 e. The van der Waals surface area contributed by atoms with E-state index < -0.39 is 24.5 Å². The maximum atomic E-state index is 13.4. The van der Waals surface area contributed by atoms with E-state index in [4.69, 9.17) is 0 Å². The van der Waals surface area contributed by atoms with Gasteiger partial charge in [0.15, 0.2) is 0 Å². The van der Waals surface area contributed by atoms with Gasteiger partial charge < -0.3 is 9.88 Å². The third-order valence-electron chi connectivity index (χ3n) is 4.32. The van der Waals surface area contributed by atoms with E-state index >= 15 is 0 Å². The van der Waals surface area contributed by atoms with Crippen molar-refractivity contribution in [1.82, 2.24) is 14.9 Å². The van der Waals surface area contributed by atoms with Crippen LogP contribution in [0.2, 0.25) is 0 Å². The van der Waals surface area contributed by atoms with Gasteiger partial charge in [-0.1, -0.05) is 55.8 Å². The molecule has 2 aromatic carbocycles. The van der Waals surface area contributed by atoms with Crippen molar-refractivity contribution in [2.75, 3.05) is 0 Å². The van der Waals surface area contributed by atoms with Crippen LogP contribution in [0.1, 0.15) is 37.2 Å². The summed E-state index contributed by atoms with van der Waals surface area (Å²) in [5.41, 5.74) is 1.43. The fourth-order valence-electron chi connectivity index (χ4n) is 3.13. The van der Waals surface area contributed by atoms with E-state index in [-0.39, 0.29) is 17.1 Å². The Morgan fingerprint density at radius 1 is 1.11 bits per heavy atom. The van der Waals surface area contributed by atoms with Crippen molar-refractivity contribution in [2.45, 2.75) is 38.5 Å². The zero-order valence-electron chi connectivity index (χ0n) is 14.8. The fraction of sp³-hybridized carbons (Fsp3) is 0.300. The van der Waals surface area contributed by atoms with Crippen molar-refractivity contribution >= 4 is 16.9 Å². The van der Waals surface area contributed by atoms with Gasteiger partial charge in [-0.25, -0.2) is 4.98 Å². The van der Waals surface area contributed by atoms with Gasteiger partial charge in [0.1, 0.15) is 6.54 Å². The van der Waals surface area contributed by atoms with Gasteiger partial charge in [-0.05, 0) is 24.1 Å². The standard InChI is InChI=1S/C20H20F3N3O/c1-2-8-15(14-9-4-3-5-10-14)24-18(27)13-26-17-12-7-6-11-16(17)25-19(26)20(21,22)23/h3-7,9-12,15H,2,8,13H2,1H3,(H,24,27). The first-order valence-electron chi connectivity index (χ1n) is 8.77. The van der Waals surface area contributed by atoms with Crippen molar-refractivity contribution in [1.29, 1.82) is 0 Å². The topological polar surface area (TPSA) is 46.9 Å². The summed E-state index contributed by atoms with van der Waals surface area (Å²) in [6.07, 6.45) is -3.10. The molecule has 0 aliphatic heterocycles. The number of fused-ring (bicyclic) bond motifs is 1. The van der Waals surface area contributed by atoms with Crippen LogP contribution < -0.4 is 5.32 Å². The smallest absolute Gasteiger partial charge is 0.348 e. The zero-order valence-corrected chi connectivity index (χ0v) is 14.8. The number of rotatable bonds is 6. The third kappa shape index (κ3) is 4.30. The molecule has 0 aliphatic carbocycles. The van der Waals surface area contributed by atoms with E-state index in [1.54, 1.807) is 12.1 Å². The number of imidazole rings is 1. The predicted molar refractivity (Wildman–Crippen MR) is 97.0 cm³/mol. The molecule has 1 unspecified atom stereocenters. The minimum absolute atomic E-state index is 0.214. The predicted octanol–water partition coefficient (Wildman–Crippen LogP) is 4.71. The number of nitrogens with zero attached hydrogens (tertiary/aromatic N) is 2. The molecule has 1 aromatic heterocycles. The lowest BCUT2D eigenvalue weighted by Crippen LogP contribution is -2.32. The maximum Gasteiger partial charge on any atom is 0.449 e. The fourth-order valence-corrected chi connectivity index (χ4v) is 3.13. The van der Waals surface area contributed by atoms with E-state index in [0.29, 0.717) is 6.42 Å². The number of nitrogens with one attached hydrogen (secondary N) is 1. The monoisotopic (exact) mass is 375 g/mol. The van der Waals surface area contributed by atoms with Gasteiger partial charge in [-0.15, -0.1) is 0 Å². The van der Waals surface area contributed by atoms with Crippen LogP contribution >= 0.6 is 0 Å². The van der Waals surface area contributed by atoms with Crippen molar-refractivity contribution in [3.8, 4) is 0 Å². The number of para-hydroxylation sites is 2. The van der Waals surface area contributed by atoms with E-state index in [9.17, 15) is 18.0 Å². The summed E-state index contributed by atoms with van der Waals surface area (Å²) in [5.74, 6) is -1.54. The normalized spacial score (nSPS) is 12.9. The molecule has 0 aliphatic rings. The Kier molecular flexibility index (Phi) is 5.48. The summed E-state index contributed by atoms with van der Waals surface area (Å²) in [6, 6.07) is 15.4. The molecule has 1 heterocycles. The molecular formula is C20H20F3N3O. The van der Waals surface area contributed by atoms with E-state index in [2.05, 4.69) is 10.3 Å². The third-order valence-corrected chi connectivity index (χ3v) is 4.32. The Hall–Kier alpha value is -2.83. The van der Waals surface area contributed by atoms with Crippen LogP contribution in [0.3, 0.4) is 0 Å². The number of amides is 1. The lowest BCUT2D eigenvalue weighted by molar-refractivity contribution is -0.147. The number of halogens is 3. The second kappa shape index (κ2) is 7.82. The van der Waals surface area contributed by atoms with E-state index in [0.717, 1.165) is 16.6 Å². The minimum atomic E-state index is -4.64. The number of alkyl halides is 3. The van der Waals surface area contributed by atoms with Crippen molar-refractivity contribution in [3.05, 3.63) is 66.0 Å². The van der Waals surface area contributed by atoms with Crippen LogP contribution in [0.4, 0.5) is 13.2 Å². The van der Waals surface area contributed by atoms with Gasteiger partial charge in [0, 0.05) is 0 Å². The van der Waals surface area contributed by atoms with Crippen LogP contribution in [0.5, 0.6) is 0 Å². The molecular weight excluding hydrogens is 355 g/mol. The lowest BCUT2D eigenvalue weighted by atomic mass is 10.0. The molecule has 4 nitrogen and oxygen atoms in total. The lowest BCUT2D eigenvalue weighted by Gasteiger charge is -2.19. The molecule has 3 rings (SSSR count). The Morgan fingerprint density at radius 2 is 1.78 bits per heavy atom. The molecule has 3 aromatic rings. The first-order chi connectivity index (χ1) is 12.9.